The SMILES string of the molecule is CC(=O)C1CC(C(=O)N2CCN(S(=O)(=O)c3cc(F)ccc3F)CC2)=NN1c1ccccc1. The van der Waals surface area contributed by atoms with E-state index in [9.17, 15) is 26.8 Å². The second kappa shape index (κ2) is 8.99. The number of hydrazone groups is 1. The topological polar surface area (TPSA) is 90.4 Å². The maximum Gasteiger partial charge on any atom is 0.270 e. The number of benzene rings is 2. The zero-order chi connectivity index (χ0) is 23.8. The van der Waals surface area contributed by atoms with Gasteiger partial charge in [0.05, 0.1) is 5.69 Å². The molecule has 174 valence electrons. The van der Waals surface area contributed by atoms with Crippen LogP contribution in [0.5, 0.6) is 0 Å². The van der Waals surface area contributed by atoms with E-state index >= 15 is 0 Å². The van der Waals surface area contributed by atoms with Crippen LogP contribution in [0, 0.1) is 11.6 Å². The van der Waals surface area contributed by atoms with Crippen LogP contribution in [-0.4, -0.2) is 67.2 Å². The van der Waals surface area contributed by atoms with Crippen molar-refractivity contribution < 1.29 is 26.8 Å². The number of para-hydroxylation sites is 1. The van der Waals surface area contributed by atoms with Crippen molar-refractivity contribution in [1.82, 2.24) is 9.21 Å². The number of nitrogens with zero attached hydrogens (tertiary/aromatic N) is 4. The van der Waals surface area contributed by atoms with Crippen LogP contribution in [0.3, 0.4) is 0 Å². The lowest BCUT2D eigenvalue weighted by Gasteiger charge is -2.34. The number of carbonyl (C=O) groups is 2. The summed E-state index contributed by atoms with van der Waals surface area (Å²) < 4.78 is 54.1. The maximum atomic E-state index is 14.0. The Bertz CT molecular complexity index is 1210. The largest absolute Gasteiger partial charge is 0.335 e. The molecule has 0 saturated carbocycles. The molecule has 2 heterocycles. The number of piperazine rings is 1. The molecule has 2 aliphatic rings. The van der Waals surface area contributed by atoms with E-state index in [-0.39, 0.29) is 50.0 Å². The zero-order valence-corrected chi connectivity index (χ0v) is 18.6. The number of hydrogen-bond acceptors (Lipinski definition) is 6. The molecule has 0 bridgehead atoms. The molecular weight excluding hydrogens is 454 g/mol. The van der Waals surface area contributed by atoms with Crippen LogP contribution in [-0.2, 0) is 19.6 Å². The van der Waals surface area contributed by atoms with Crippen molar-refractivity contribution in [2.24, 2.45) is 5.10 Å². The molecule has 4 rings (SSSR count). The second-order valence-electron chi connectivity index (χ2n) is 7.83. The van der Waals surface area contributed by atoms with E-state index in [0.29, 0.717) is 11.8 Å². The molecule has 11 heteroatoms. The van der Waals surface area contributed by atoms with Crippen LogP contribution >= 0.6 is 0 Å². The third-order valence-electron chi connectivity index (χ3n) is 5.68. The predicted molar refractivity (Wildman–Crippen MR) is 117 cm³/mol. The van der Waals surface area contributed by atoms with Crippen LogP contribution in [0.4, 0.5) is 14.5 Å². The van der Waals surface area contributed by atoms with Gasteiger partial charge >= 0.3 is 0 Å². The number of carbonyl (C=O) groups excluding carboxylic acids is 2. The minimum absolute atomic E-state index is 0.0596. The number of Topliss-reactive ketones (excluding diaryl/α,β-unsaturated/α-hetero) is 1. The van der Waals surface area contributed by atoms with Gasteiger partial charge in [-0.2, -0.15) is 9.41 Å². The maximum absolute atomic E-state index is 14.0. The summed E-state index contributed by atoms with van der Waals surface area (Å²) in [6.07, 6.45) is 0.149. The van der Waals surface area contributed by atoms with Gasteiger partial charge in [0.1, 0.15) is 28.3 Å². The minimum Gasteiger partial charge on any atom is -0.335 e. The van der Waals surface area contributed by atoms with E-state index in [1.807, 2.05) is 18.2 Å². The molecule has 1 unspecified atom stereocenters. The molecule has 1 fully saturated rings. The smallest absolute Gasteiger partial charge is 0.270 e. The molecule has 8 nitrogen and oxygen atoms in total. The Hall–Kier alpha value is -3.18. The molecule has 0 spiro atoms. The number of hydrogen-bond donors (Lipinski definition) is 0. The van der Waals surface area contributed by atoms with E-state index in [2.05, 4.69) is 5.10 Å². The lowest BCUT2D eigenvalue weighted by molar-refractivity contribution is -0.125. The van der Waals surface area contributed by atoms with Crippen LogP contribution in [0.1, 0.15) is 13.3 Å². The van der Waals surface area contributed by atoms with Gasteiger partial charge in [-0.25, -0.2) is 17.2 Å². The predicted octanol–water partition coefficient (Wildman–Crippen LogP) is 2.02. The molecule has 1 amide bonds. The first-order chi connectivity index (χ1) is 15.7. The number of rotatable bonds is 5. The van der Waals surface area contributed by atoms with Gasteiger partial charge in [-0.05, 0) is 37.3 Å². The molecule has 2 aromatic rings. The lowest BCUT2D eigenvalue weighted by Crippen LogP contribution is -2.52. The Morgan fingerprint density at radius 3 is 2.30 bits per heavy atom. The van der Waals surface area contributed by atoms with Crippen LogP contribution in [0.2, 0.25) is 0 Å². The van der Waals surface area contributed by atoms with Crippen LogP contribution in [0.15, 0.2) is 58.5 Å². The Morgan fingerprint density at radius 2 is 1.67 bits per heavy atom. The second-order valence-corrected chi connectivity index (χ2v) is 9.73. The first-order valence-electron chi connectivity index (χ1n) is 10.3. The quantitative estimate of drug-likeness (QED) is 0.659. The van der Waals surface area contributed by atoms with Gasteiger partial charge in [0.25, 0.3) is 5.91 Å². The Morgan fingerprint density at radius 1 is 1.00 bits per heavy atom. The molecule has 0 aromatic heterocycles. The van der Waals surface area contributed by atoms with Crippen molar-refractivity contribution in [3.05, 3.63) is 60.2 Å². The highest BCUT2D eigenvalue weighted by atomic mass is 32.2. The number of ketones is 1. The fraction of sp³-hybridized carbons (Fsp3) is 0.318. The number of anilines is 1. The third-order valence-corrected chi connectivity index (χ3v) is 7.60. The Kier molecular flexibility index (Phi) is 6.26. The van der Waals surface area contributed by atoms with Gasteiger partial charge in [0.2, 0.25) is 10.0 Å². The summed E-state index contributed by atoms with van der Waals surface area (Å²) in [6.45, 7) is 1.42. The summed E-state index contributed by atoms with van der Waals surface area (Å²) in [5, 5.41) is 5.92. The standard InChI is InChI=1S/C22H22F2N4O4S/c1-15(29)20-14-19(25-28(20)17-5-3-2-4-6-17)22(30)26-9-11-27(12-10-26)33(31,32)21-13-16(23)7-8-18(21)24/h2-8,13,20H,9-12,14H2,1H3. The number of halogens is 2. The molecule has 1 atom stereocenters. The van der Waals surface area contributed by atoms with Crippen molar-refractivity contribution in [2.75, 3.05) is 31.2 Å². The monoisotopic (exact) mass is 476 g/mol. The van der Waals surface area contributed by atoms with Crippen molar-refractivity contribution in [3.63, 3.8) is 0 Å². The van der Waals surface area contributed by atoms with Crippen LogP contribution in [0.25, 0.3) is 0 Å². The Balaban J connectivity index is 1.47. The molecule has 0 radical (unpaired) electrons. The van der Waals surface area contributed by atoms with E-state index < -0.39 is 32.6 Å². The number of amides is 1. The van der Waals surface area contributed by atoms with Gasteiger partial charge in [-0.1, -0.05) is 18.2 Å². The molecule has 1 saturated heterocycles. The van der Waals surface area contributed by atoms with E-state index in [4.69, 9.17) is 0 Å². The average molecular weight is 477 g/mol. The van der Waals surface area contributed by atoms with Crippen molar-refractivity contribution in [2.45, 2.75) is 24.3 Å². The van der Waals surface area contributed by atoms with Crippen molar-refractivity contribution in [1.29, 1.82) is 0 Å². The van der Waals surface area contributed by atoms with Gasteiger partial charge in [0, 0.05) is 32.6 Å². The summed E-state index contributed by atoms with van der Waals surface area (Å²) in [7, 11) is -4.25. The third kappa shape index (κ3) is 4.51. The molecular formula is C22H22F2N4O4S. The summed E-state index contributed by atoms with van der Waals surface area (Å²) in [5.74, 6) is -2.40. The van der Waals surface area contributed by atoms with E-state index in [1.54, 1.807) is 12.1 Å². The molecule has 0 N–H and O–H groups in total. The minimum atomic E-state index is -4.25. The van der Waals surface area contributed by atoms with Gasteiger partial charge in [-0.3, -0.25) is 14.6 Å². The summed E-state index contributed by atoms with van der Waals surface area (Å²) in [5.41, 5.74) is 0.903. The van der Waals surface area contributed by atoms with Crippen molar-refractivity contribution >= 4 is 33.1 Å². The normalized spacial score (nSPS) is 19.5. The van der Waals surface area contributed by atoms with E-state index in [1.165, 1.54) is 16.8 Å². The molecule has 33 heavy (non-hydrogen) atoms. The highest BCUT2D eigenvalue weighted by Gasteiger charge is 2.38. The molecule has 2 aromatic carbocycles. The highest BCUT2D eigenvalue weighted by Crippen LogP contribution is 2.26. The van der Waals surface area contributed by atoms with Gasteiger partial charge in [0.15, 0.2) is 5.78 Å². The fourth-order valence-corrected chi connectivity index (χ4v) is 5.40. The van der Waals surface area contributed by atoms with Gasteiger partial charge < -0.3 is 4.90 Å². The first-order valence-corrected chi connectivity index (χ1v) is 11.8. The fourth-order valence-electron chi connectivity index (χ4n) is 3.90. The zero-order valence-electron chi connectivity index (χ0n) is 17.8. The van der Waals surface area contributed by atoms with E-state index in [0.717, 1.165) is 16.4 Å². The van der Waals surface area contributed by atoms with Crippen LogP contribution < -0.4 is 5.01 Å². The highest BCUT2D eigenvalue weighted by molar-refractivity contribution is 7.89. The summed E-state index contributed by atoms with van der Waals surface area (Å²) >= 11 is 0. The number of sulfonamides is 1. The Labute approximate surface area is 190 Å². The van der Waals surface area contributed by atoms with Crippen molar-refractivity contribution in [3.8, 4) is 0 Å². The summed E-state index contributed by atoms with van der Waals surface area (Å²) in [4.78, 5) is 25.9. The van der Waals surface area contributed by atoms with Gasteiger partial charge in [-0.15, -0.1) is 0 Å². The average Bonchev–Trinajstić information content (AvgIpc) is 3.27. The summed E-state index contributed by atoms with van der Waals surface area (Å²) in [6, 6.07) is 10.7. The first kappa shape index (κ1) is 23.0. The lowest BCUT2D eigenvalue weighted by atomic mass is 10.1. The molecule has 0 aliphatic carbocycles. The molecule has 2 aliphatic heterocycles.